The van der Waals surface area contributed by atoms with Crippen LogP contribution in [-0.4, -0.2) is 59.7 Å². The quantitative estimate of drug-likeness (QED) is 0.608. The van der Waals surface area contributed by atoms with Crippen molar-refractivity contribution in [2.24, 2.45) is 10.4 Å². The summed E-state index contributed by atoms with van der Waals surface area (Å²) < 4.78 is 31.4. The largest absolute Gasteiger partial charge is 0.381 e. The Labute approximate surface area is 149 Å². The Morgan fingerprint density at radius 1 is 1.32 bits per heavy atom. The topological polar surface area (TPSA) is 83.0 Å². The monoisotopic (exact) mass is 366 g/mol. The van der Waals surface area contributed by atoms with Crippen molar-refractivity contribution >= 4 is 16.0 Å². The number of aliphatic imine (C=N–C) groups is 1. The second-order valence-electron chi connectivity index (χ2n) is 6.73. The second-order valence-corrected chi connectivity index (χ2v) is 8.61. The van der Waals surface area contributed by atoms with Crippen LogP contribution in [0, 0.1) is 5.41 Å². The Kier molecular flexibility index (Phi) is 5.31. The lowest BCUT2D eigenvalue weighted by molar-refractivity contribution is 0.156. The summed E-state index contributed by atoms with van der Waals surface area (Å²) in [5, 5.41) is 3.38. The molecule has 0 amide bonds. The molecule has 1 atom stereocenters. The van der Waals surface area contributed by atoms with Crippen LogP contribution in [0.1, 0.15) is 18.4 Å². The maximum Gasteiger partial charge on any atom is 0.240 e. The first-order valence-electron chi connectivity index (χ1n) is 8.54. The van der Waals surface area contributed by atoms with Crippen LogP contribution in [-0.2, 0) is 21.3 Å². The summed E-state index contributed by atoms with van der Waals surface area (Å²) in [6.45, 7) is 4.28. The Bertz CT molecular complexity index is 725. The fourth-order valence-electron chi connectivity index (χ4n) is 3.51. The van der Waals surface area contributed by atoms with Crippen LogP contribution in [0.5, 0.6) is 0 Å². The minimum Gasteiger partial charge on any atom is -0.381 e. The molecule has 25 heavy (non-hydrogen) atoms. The maximum absolute atomic E-state index is 11.8. The lowest BCUT2D eigenvalue weighted by Crippen LogP contribution is -2.41. The van der Waals surface area contributed by atoms with E-state index >= 15 is 0 Å². The van der Waals surface area contributed by atoms with Gasteiger partial charge in [-0.2, -0.15) is 0 Å². The summed E-state index contributed by atoms with van der Waals surface area (Å²) in [4.78, 5) is 6.95. The molecule has 2 fully saturated rings. The molecule has 8 heteroatoms. The molecular formula is C17H26N4O3S. The van der Waals surface area contributed by atoms with Crippen molar-refractivity contribution in [1.29, 1.82) is 0 Å². The highest BCUT2D eigenvalue weighted by atomic mass is 32.2. The first-order chi connectivity index (χ1) is 12.0. The number of ether oxygens (including phenoxy) is 1. The Morgan fingerprint density at radius 3 is 2.68 bits per heavy atom. The van der Waals surface area contributed by atoms with Gasteiger partial charge in [0.1, 0.15) is 0 Å². The molecule has 0 saturated carbocycles. The number of nitrogens with zero attached hydrogens (tertiary/aromatic N) is 2. The van der Waals surface area contributed by atoms with Gasteiger partial charge in [-0.1, -0.05) is 12.1 Å². The number of rotatable bonds is 4. The molecule has 138 valence electrons. The molecule has 7 nitrogen and oxygen atoms in total. The number of guanidine groups is 1. The van der Waals surface area contributed by atoms with E-state index in [0.717, 1.165) is 50.7 Å². The molecule has 2 heterocycles. The fraction of sp³-hybridized carbons (Fsp3) is 0.588. The van der Waals surface area contributed by atoms with Gasteiger partial charge in [0, 0.05) is 38.7 Å². The predicted molar refractivity (Wildman–Crippen MR) is 96.9 cm³/mol. The van der Waals surface area contributed by atoms with Crippen molar-refractivity contribution in [3.05, 3.63) is 29.8 Å². The maximum atomic E-state index is 11.8. The SMILES string of the molecule is CN=C(NCc1ccc(S(=O)(=O)NC)cc1)N1CCC2(CCOC2)C1. The van der Waals surface area contributed by atoms with E-state index in [0.29, 0.717) is 12.0 Å². The minimum atomic E-state index is -3.39. The van der Waals surface area contributed by atoms with Gasteiger partial charge in [0.15, 0.2) is 5.96 Å². The highest BCUT2D eigenvalue weighted by Gasteiger charge is 2.42. The lowest BCUT2D eigenvalue weighted by atomic mass is 9.87. The molecule has 1 aromatic rings. The van der Waals surface area contributed by atoms with Crippen molar-refractivity contribution in [2.75, 3.05) is 40.4 Å². The molecule has 2 N–H and O–H groups in total. The molecule has 2 aliphatic heterocycles. The van der Waals surface area contributed by atoms with Crippen molar-refractivity contribution in [2.45, 2.75) is 24.3 Å². The van der Waals surface area contributed by atoms with Crippen molar-refractivity contribution in [3.8, 4) is 0 Å². The van der Waals surface area contributed by atoms with E-state index in [2.05, 4.69) is 19.9 Å². The summed E-state index contributed by atoms with van der Waals surface area (Å²) in [5.41, 5.74) is 1.30. The lowest BCUT2D eigenvalue weighted by Gasteiger charge is -2.25. The molecule has 0 bridgehead atoms. The molecule has 0 aliphatic carbocycles. The highest BCUT2D eigenvalue weighted by molar-refractivity contribution is 7.89. The summed E-state index contributed by atoms with van der Waals surface area (Å²) in [6.07, 6.45) is 2.27. The minimum absolute atomic E-state index is 0.269. The first-order valence-corrected chi connectivity index (χ1v) is 10.0. The molecule has 0 aromatic heterocycles. The fourth-order valence-corrected chi connectivity index (χ4v) is 4.24. The third kappa shape index (κ3) is 3.96. The highest BCUT2D eigenvalue weighted by Crippen LogP contribution is 2.38. The number of nitrogens with one attached hydrogen (secondary N) is 2. The van der Waals surface area contributed by atoms with Gasteiger partial charge in [0.2, 0.25) is 10.0 Å². The summed E-state index contributed by atoms with van der Waals surface area (Å²) in [7, 11) is -0.189. The van der Waals surface area contributed by atoms with Gasteiger partial charge in [-0.15, -0.1) is 0 Å². The average Bonchev–Trinajstić information content (AvgIpc) is 3.26. The van der Waals surface area contributed by atoms with Gasteiger partial charge in [-0.05, 0) is 37.6 Å². The molecule has 0 radical (unpaired) electrons. The van der Waals surface area contributed by atoms with E-state index in [1.807, 2.05) is 12.1 Å². The molecule has 2 aliphatic rings. The van der Waals surface area contributed by atoms with Crippen molar-refractivity contribution in [1.82, 2.24) is 14.9 Å². The van der Waals surface area contributed by atoms with Crippen LogP contribution >= 0.6 is 0 Å². The van der Waals surface area contributed by atoms with E-state index in [-0.39, 0.29) is 4.90 Å². The third-order valence-corrected chi connectivity index (χ3v) is 6.52. The summed E-state index contributed by atoms with van der Waals surface area (Å²) in [5.74, 6) is 0.885. The van der Waals surface area contributed by atoms with E-state index < -0.39 is 10.0 Å². The van der Waals surface area contributed by atoms with Gasteiger partial charge in [-0.3, -0.25) is 4.99 Å². The van der Waals surface area contributed by atoms with E-state index in [1.54, 1.807) is 19.2 Å². The van der Waals surface area contributed by atoms with Crippen LogP contribution in [0.25, 0.3) is 0 Å². The number of benzene rings is 1. The first kappa shape index (κ1) is 18.2. The Balaban J connectivity index is 1.59. The summed E-state index contributed by atoms with van der Waals surface area (Å²) >= 11 is 0. The van der Waals surface area contributed by atoms with E-state index in [9.17, 15) is 8.42 Å². The molecular weight excluding hydrogens is 340 g/mol. The molecule has 3 rings (SSSR count). The molecule has 1 aromatic carbocycles. The Hall–Kier alpha value is -1.64. The van der Waals surface area contributed by atoms with Crippen LogP contribution in [0.2, 0.25) is 0 Å². The van der Waals surface area contributed by atoms with E-state index in [4.69, 9.17) is 4.74 Å². The van der Waals surface area contributed by atoms with Crippen molar-refractivity contribution in [3.63, 3.8) is 0 Å². The number of hydrogen-bond acceptors (Lipinski definition) is 4. The number of hydrogen-bond donors (Lipinski definition) is 2. The van der Waals surface area contributed by atoms with Crippen molar-refractivity contribution < 1.29 is 13.2 Å². The Morgan fingerprint density at radius 2 is 2.08 bits per heavy atom. The van der Waals surface area contributed by atoms with Gasteiger partial charge in [0.25, 0.3) is 0 Å². The van der Waals surface area contributed by atoms with Crippen LogP contribution in [0.4, 0.5) is 0 Å². The van der Waals surface area contributed by atoms with Crippen LogP contribution in [0.3, 0.4) is 0 Å². The standard InChI is InChI=1S/C17H26N4O3S/c1-18-16(21-9-7-17(12-21)8-10-24-13-17)20-11-14-3-5-15(6-4-14)25(22,23)19-2/h3-6,19H,7-13H2,1-2H3,(H,18,20). The zero-order valence-electron chi connectivity index (χ0n) is 14.8. The third-order valence-electron chi connectivity index (χ3n) is 5.09. The second kappa shape index (κ2) is 7.31. The molecule has 1 unspecified atom stereocenters. The van der Waals surface area contributed by atoms with Gasteiger partial charge in [0.05, 0.1) is 11.5 Å². The smallest absolute Gasteiger partial charge is 0.240 e. The van der Waals surface area contributed by atoms with Gasteiger partial charge in [-0.25, -0.2) is 13.1 Å². The van der Waals surface area contributed by atoms with Gasteiger partial charge >= 0.3 is 0 Å². The number of likely N-dealkylation sites (tertiary alicyclic amines) is 1. The predicted octanol–water partition coefficient (Wildman–Crippen LogP) is 0.782. The van der Waals surface area contributed by atoms with Crippen LogP contribution in [0.15, 0.2) is 34.2 Å². The van der Waals surface area contributed by atoms with E-state index in [1.165, 1.54) is 7.05 Å². The molecule has 1 spiro atoms. The zero-order valence-corrected chi connectivity index (χ0v) is 15.6. The number of sulfonamides is 1. The normalized spacial score (nSPS) is 24.2. The van der Waals surface area contributed by atoms with Gasteiger partial charge < -0.3 is 15.0 Å². The molecule has 2 saturated heterocycles. The average molecular weight is 366 g/mol. The zero-order chi connectivity index (χ0) is 17.9. The summed E-state index contributed by atoms with van der Waals surface area (Å²) in [6, 6.07) is 6.88. The van der Waals surface area contributed by atoms with Crippen LogP contribution < -0.4 is 10.0 Å².